The van der Waals surface area contributed by atoms with Gasteiger partial charge in [-0.3, -0.25) is 0 Å². The molecule has 0 saturated heterocycles. The summed E-state index contributed by atoms with van der Waals surface area (Å²) in [5.41, 5.74) is 1.25. The maximum atomic E-state index is 10.9. The number of rotatable bonds is 3. The van der Waals surface area contributed by atoms with Crippen molar-refractivity contribution >= 4 is 5.97 Å². The van der Waals surface area contributed by atoms with Gasteiger partial charge in [0.05, 0.1) is 0 Å². The maximum Gasteiger partial charge on any atom is 0.333 e. The van der Waals surface area contributed by atoms with Crippen molar-refractivity contribution in [2.45, 2.75) is 26.9 Å². The summed E-state index contributed by atoms with van der Waals surface area (Å²) in [5.74, 6) is -0.361. The summed E-state index contributed by atoms with van der Waals surface area (Å²) in [4.78, 5) is 10.9. The third-order valence-electron chi connectivity index (χ3n) is 1.33. The first kappa shape index (κ1) is 9.95. The summed E-state index contributed by atoms with van der Waals surface area (Å²) in [6.07, 6.45) is -0.223. The van der Waals surface area contributed by atoms with Crippen molar-refractivity contribution in [3.8, 4) is 0 Å². The predicted octanol–water partition coefficient (Wildman–Crippen LogP) is 2.07. The lowest BCUT2D eigenvalue weighted by Gasteiger charge is -2.12. The molecule has 1 atom stereocenters. The van der Waals surface area contributed by atoms with E-state index in [1.54, 1.807) is 13.8 Å². The third-order valence-corrected chi connectivity index (χ3v) is 1.33. The van der Waals surface area contributed by atoms with E-state index in [1.165, 1.54) is 0 Å². The Labute approximate surface area is 67.6 Å². The minimum absolute atomic E-state index is 0.223. The molecule has 0 rings (SSSR count). The summed E-state index contributed by atoms with van der Waals surface area (Å²) < 4.78 is 4.94. The van der Waals surface area contributed by atoms with Crippen LogP contribution in [0.1, 0.15) is 20.8 Å². The molecule has 0 saturated carbocycles. The predicted molar refractivity (Wildman–Crippen MR) is 45.2 cm³/mol. The molecule has 0 aliphatic carbocycles. The first-order valence-corrected chi connectivity index (χ1v) is 3.47. The Hall–Kier alpha value is -1.05. The number of hydrogen-bond donors (Lipinski definition) is 0. The molecule has 11 heavy (non-hydrogen) atoms. The van der Waals surface area contributed by atoms with Crippen LogP contribution in [0.15, 0.2) is 24.3 Å². The van der Waals surface area contributed by atoms with Crippen LogP contribution in [-0.4, -0.2) is 12.1 Å². The molecule has 62 valence electrons. The average molecular weight is 154 g/mol. The highest BCUT2D eigenvalue weighted by Gasteiger charge is 2.09. The second-order valence-corrected chi connectivity index (χ2v) is 2.67. The van der Waals surface area contributed by atoms with Gasteiger partial charge in [0.1, 0.15) is 6.10 Å². The van der Waals surface area contributed by atoms with E-state index >= 15 is 0 Å². The van der Waals surface area contributed by atoms with E-state index in [1.807, 2.05) is 6.92 Å². The standard InChI is InChI=1S/C9H14O2/c1-6(2)8(5)11-9(10)7(3)4/h8H,1,3H2,2,4-5H3. The summed E-state index contributed by atoms with van der Waals surface area (Å²) >= 11 is 0. The summed E-state index contributed by atoms with van der Waals surface area (Å²) in [7, 11) is 0. The van der Waals surface area contributed by atoms with E-state index in [9.17, 15) is 4.79 Å². The molecule has 0 aromatic heterocycles. The molecule has 0 heterocycles. The Balaban J connectivity index is 3.95. The molecule has 0 amide bonds. The molecular weight excluding hydrogens is 140 g/mol. The molecule has 0 fully saturated rings. The Morgan fingerprint density at radius 3 is 2.09 bits per heavy atom. The molecular formula is C9H14O2. The van der Waals surface area contributed by atoms with E-state index in [-0.39, 0.29) is 12.1 Å². The fourth-order valence-electron chi connectivity index (χ4n) is 0.362. The van der Waals surface area contributed by atoms with Crippen molar-refractivity contribution in [1.82, 2.24) is 0 Å². The largest absolute Gasteiger partial charge is 0.455 e. The minimum Gasteiger partial charge on any atom is -0.455 e. The SMILES string of the molecule is C=C(C)C(=O)OC(C)C(=C)C. The van der Waals surface area contributed by atoms with E-state index in [2.05, 4.69) is 13.2 Å². The number of ether oxygens (including phenoxy) is 1. The quantitative estimate of drug-likeness (QED) is 0.353. The van der Waals surface area contributed by atoms with Crippen molar-refractivity contribution in [3.05, 3.63) is 24.3 Å². The van der Waals surface area contributed by atoms with Crippen LogP contribution in [0.3, 0.4) is 0 Å². The Kier molecular flexibility index (Phi) is 3.58. The fraction of sp³-hybridized carbons (Fsp3) is 0.444. The molecule has 2 heteroatoms. The molecule has 1 unspecified atom stereocenters. The van der Waals surface area contributed by atoms with Crippen LogP contribution in [0.2, 0.25) is 0 Å². The van der Waals surface area contributed by atoms with Crippen LogP contribution in [-0.2, 0) is 9.53 Å². The smallest absolute Gasteiger partial charge is 0.333 e. The summed E-state index contributed by atoms with van der Waals surface area (Å²) in [6, 6.07) is 0. The lowest BCUT2D eigenvalue weighted by Crippen LogP contribution is -2.15. The highest BCUT2D eigenvalue weighted by molar-refractivity contribution is 5.87. The Morgan fingerprint density at radius 1 is 1.36 bits per heavy atom. The molecule has 0 aliphatic heterocycles. The van der Waals surface area contributed by atoms with Gasteiger partial charge in [-0.25, -0.2) is 4.79 Å². The Bertz CT molecular complexity index is 192. The van der Waals surface area contributed by atoms with Crippen LogP contribution in [0.25, 0.3) is 0 Å². The number of hydrogen-bond acceptors (Lipinski definition) is 2. The molecule has 0 aliphatic rings. The van der Waals surface area contributed by atoms with Gasteiger partial charge in [0, 0.05) is 5.57 Å². The van der Waals surface area contributed by atoms with E-state index < -0.39 is 0 Å². The monoisotopic (exact) mass is 154 g/mol. The van der Waals surface area contributed by atoms with Crippen LogP contribution in [0.5, 0.6) is 0 Å². The fourth-order valence-corrected chi connectivity index (χ4v) is 0.362. The van der Waals surface area contributed by atoms with Gasteiger partial charge in [0.25, 0.3) is 0 Å². The van der Waals surface area contributed by atoms with E-state index in [0.29, 0.717) is 5.57 Å². The van der Waals surface area contributed by atoms with Gasteiger partial charge in [-0.1, -0.05) is 13.2 Å². The van der Waals surface area contributed by atoms with Crippen molar-refractivity contribution in [1.29, 1.82) is 0 Å². The average Bonchev–Trinajstić information content (AvgIpc) is 1.87. The highest BCUT2D eigenvalue weighted by atomic mass is 16.5. The number of carbonyl (C=O) groups is 1. The van der Waals surface area contributed by atoms with Gasteiger partial charge < -0.3 is 4.74 Å². The van der Waals surface area contributed by atoms with Crippen LogP contribution >= 0.6 is 0 Å². The van der Waals surface area contributed by atoms with Crippen LogP contribution in [0, 0.1) is 0 Å². The zero-order valence-corrected chi connectivity index (χ0v) is 7.31. The van der Waals surface area contributed by atoms with Gasteiger partial charge in [0.2, 0.25) is 0 Å². The van der Waals surface area contributed by atoms with Crippen molar-refractivity contribution in [2.24, 2.45) is 0 Å². The number of carbonyl (C=O) groups excluding carboxylic acids is 1. The van der Waals surface area contributed by atoms with E-state index in [4.69, 9.17) is 4.74 Å². The second-order valence-electron chi connectivity index (χ2n) is 2.67. The third kappa shape index (κ3) is 3.61. The van der Waals surface area contributed by atoms with Crippen molar-refractivity contribution in [2.75, 3.05) is 0 Å². The van der Waals surface area contributed by atoms with Gasteiger partial charge >= 0.3 is 5.97 Å². The number of esters is 1. The van der Waals surface area contributed by atoms with Gasteiger partial charge in [-0.15, -0.1) is 0 Å². The zero-order chi connectivity index (χ0) is 9.02. The molecule has 0 N–H and O–H groups in total. The normalized spacial score (nSPS) is 11.9. The summed E-state index contributed by atoms with van der Waals surface area (Å²) in [5, 5.41) is 0. The van der Waals surface area contributed by atoms with Gasteiger partial charge in [-0.05, 0) is 26.3 Å². The molecule has 0 bridgehead atoms. The first-order chi connectivity index (χ1) is 4.95. The lowest BCUT2D eigenvalue weighted by atomic mass is 10.2. The maximum absolute atomic E-state index is 10.9. The molecule has 0 spiro atoms. The van der Waals surface area contributed by atoms with E-state index in [0.717, 1.165) is 5.57 Å². The lowest BCUT2D eigenvalue weighted by molar-refractivity contribution is -0.141. The minimum atomic E-state index is -0.361. The second kappa shape index (κ2) is 3.96. The van der Waals surface area contributed by atoms with Crippen LogP contribution < -0.4 is 0 Å². The molecule has 2 nitrogen and oxygen atoms in total. The first-order valence-electron chi connectivity index (χ1n) is 3.47. The van der Waals surface area contributed by atoms with Crippen molar-refractivity contribution < 1.29 is 9.53 Å². The molecule has 0 aromatic carbocycles. The Morgan fingerprint density at radius 2 is 1.82 bits per heavy atom. The van der Waals surface area contributed by atoms with Gasteiger partial charge in [0.15, 0.2) is 0 Å². The molecule has 0 aromatic rings. The topological polar surface area (TPSA) is 26.3 Å². The zero-order valence-electron chi connectivity index (χ0n) is 7.31. The molecule has 0 radical (unpaired) electrons. The van der Waals surface area contributed by atoms with Crippen LogP contribution in [0.4, 0.5) is 0 Å². The van der Waals surface area contributed by atoms with Crippen molar-refractivity contribution in [3.63, 3.8) is 0 Å². The summed E-state index contributed by atoms with van der Waals surface area (Å²) in [6.45, 7) is 12.3. The highest BCUT2D eigenvalue weighted by Crippen LogP contribution is 2.04. The van der Waals surface area contributed by atoms with Gasteiger partial charge in [-0.2, -0.15) is 0 Å².